The first-order valence-electron chi connectivity index (χ1n) is 9.44. The van der Waals surface area contributed by atoms with Gasteiger partial charge in [-0.15, -0.1) is 11.3 Å². The highest BCUT2D eigenvalue weighted by Crippen LogP contribution is 2.46. The van der Waals surface area contributed by atoms with E-state index < -0.39 is 0 Å². The molecule has 29 heavy (non-hydrogen) atoms. The molecule has 5 rings (SSSR count). The minimum Gasteiger partial charge on any atom is -0.327 e. The Bertz CT molecular complexity index is 1130. The highest BCUT2D eigenvalue weighted by molar-refractivity contribution is 7.11. The zero-order chi connectivity index (χ0) is 20.1. The van der Waals surface area contributed by atoms with Crippen LogP contribution in [0.25, 0.3) is 5.57 Å². The summed E-state index contributed by atoms with van der Waals surface area (Å²) in [6.07, 6.45) is 4.64. The average Bonchev–Trinajstić information content (AvgIpc) is 3.41. The maximum Gasteiger partial charge on any atom is 0.165 e. The lowest BCUT2D eigenvalue weighted by Gasteiger charge is -2.32. The molecule has 0 radical (unpaired) electrons. The zero-order valence-electron chi connectivity index (χ0n) is 16.0. The van der Waals surface area contributed by atoms with Crippen LogP contribution in [0.4, 0.5) is 4.39 Å². The van der Waals surface area contributed by atoms with Gasteiger partial charge in [0.15, 0.2) is 10.8 Å². The third kappa shape index (κ3) is 3.18. The predicted octanol–water partition coefficient (Wildman–Crippen LogP) is 4.92. The molecule has 148 valence electrons. The second kappa shape index (κ2) is 7.07. The molecule has 2 aromatic heterocycles. The Morgan fingerprint density at radius 1 is 1.28 bits per heavy atom. The number of hydrogen-bond acceptors (Lipinski definition) is 5. The minimum atomic E-state index is -0.367. The SMILES string of the molecule is CC1CC2=C(c3ccn(C)n3)[C@H](c3ccc(F)cc3Cl)N=C(c3nccs3)N2C1. The predicted molar refractivity (Wildman–Crippen MR) is 113 cm³/mol. The molecule has 0 amide bonds. The summed E-state index contributed by atoms with van der Waals surface area (Å²) in [5, 5.41) is 7.86. The van der Waals surface area contributed by atoms with E-state index in [1.807, 2.05) is 24.7 Å². The fraction of sp³-hybridized carbons (Fsp3) is 0.286. The van der Waals surface area contributed by atoms with Crippen molar-refractivity contribution < 1.29 is 4.39 Å². The number of benzene rings is 1. The molecule has 5 nitrogen and oxygen atoms in total. The second-order valence-corrected chi connectivity index (χ2v) is 8.82. The van der Waals surface area contributed by atoms with E-state index in [2.05, 4.69) is 21.9 Å². The number of aryl methyl sites for hydroxylation is 1. The number of aromatic nitrogens is 3. The van der Waals surface area contributed by atoms with Crippen molar-refractivity contribution in [3.05, 3.63) is 74.8 Å². The molecule has 2 aliphatic heterocycles. The van der Waals surface area contributed by atoms with E-state index in [0.717, 1.165) is 40.6 Å². The van der Waals surface area contributed by atoms with Crippen LogP contribution in [0.2, 0.25) is 5.02 Å². The topological polar surface area (TPSA) is 46.3 Å². The van der Waals surface area contributed by atoms with Crippen molar-refractivity contribution in [2.45, 2.75) is 19.4 Å². The van der Waals surface area contributed by atoms with Crippen LogP contribution in [0.3, 0.4) is 0 Å². The second-order valence-electron chi connectivity index (χ2n) is 7.51. The van der Waals surface area contributed by atoms with Crippen molar-refractivity contribution in [2.75, 3.05) is 6.54 Å². The van der Waals surface area contributed by atoms with Gasteiger partial charge in [-0.05, 0) is 30.5 Å². The first-order valence-corrected chi connectivity index (χ1v) is 10.7. The van der Waals surface area contributed by atoms with Crippen LogP contribution in [0.15, 0.2) is 52.7 Å². The van der Waals surface area contributed by atoms with Gasteiger partial charge in [0.1, 0.15) is 11.9 Å². The number of amidine groups is 1. The Morgan fingerprint density at radius 3 is 2.83 bits per heavy atom. The van der Waals surface area contributed by atoms with Crippen LogP contribution >= 0.6 is 22.9 Å². The van der Waals surface area contributed by atoms with Crippen LogP contribution in [0.1, 0.15) is 35.7 Å². The number of fused-ring (bicyclic) bond motifs is 1. The molecule has 1 fully saturated rings. The molecule has 1 unspecified atom stereocenters. The van der Waals surface area contributed by atoms with Crippen LogP contribution in [-0.2, 0) is 7.05 Å². The van der Waals surface area contributed by atoms with Crippen molar-refractivity contribution in [3.8, 4) is 0 Å². The minimum absolute atomic E-state index is 0.359. The summed E-state index contributed by atoms with van der Waals surface area (Å²) in [4.78, 5) is 11.9. The fourth-order valence-corrected chi connectivity index (χ4v) is 5.02. The van der Waals surface area contributed by atoms with Crippen molar-refractivity contribution in [2.24, 2.45) is 18.0 Å². The third-order valence-corrected chi connectivity index (χ3v) is 6.42. The molecule has 2 aliphatic rings. The average molecular weight is 428 g/mol. The number of aliphatic imine (C=N–C) groups is 1. The molecule has 8 heteroatoms. The van der Waals surface area contributed by atoms with Gasteiger partial charge in [0.05, 0.1) is 5.69 Å². The van der Waals surface area contributed by atoms with E-state index in [9.17, 15) is 4.39 Å². The molecule has 1 aromatic carbocycles. The lowest BCUT2D eigenvalue weighted by molar-refractivity contribution is 0.518. The molecular formula is C21H19ClFN5S. The van der Waals surface area contributed by atoms with E-state index in [-0.39, 0.29) is 11.9 Å². The highest BCUT2D eigenvalue weighted by Gasteiger charge is 2.39. The van der Waals surface area contributed by atoms with Gasteiger partial charge < -0.3 is 4.90 Å². The van der Waals surface area contributed by atoms with Crippen LogP contribution in [0, 0.1) is 11.7 Å². The Hall–Kier alpha value is -2.51. The molecule has 0 spiro atoms. The quantitative estimate of drug-likeness (QED) is 0.595. The highest BCUT2D eigenvalue weighted by atomic mass is 35.5. The van der Waals surface area contributed by atoms with E-state index in [0.29, 0.717) is 10.9 Å². The normalized spacial score (nSPS) is 21.5. The monoisotopic (exact) mass is 427 g/mol. The maximum absolute atomic E-state index is 13.7. The zero-order valence-corrected chi connectivity index (χ0v) is 17.6. The maximum atomic E-state index is 13.7. The molecule has 1 saturated heterocycles. The Morgan fingerprint density at radius 2 is 2.14 bits per heavy atom. The van der Waals surface area contributed by atoms with Crippen molar-refractivity contribution in [1.82, 2.24) is 19.7 Å². The number of rotatable bonds is 3. The smallest absolute Gasteiger partial charge is 0.165 e. The van der Waals surface area contributed by atoms with Crippen molar-refractivity contribution in [3.63, 3.8) is 0 Å². The number of halogens is 2. The largest absolute Gasteiger partial charge is 0.327 e. The van der Waals surface area contributed by atoms with Gasteiger partial charge in [0.25, 0.3) is 0 Å². The summed E-state index contributed by atoms with van der Waals surface area (Å²) in [6, 6.07) is 6.14. The first-order chi connectivity index (χ1) is 14.0. The van der Waals surface area contributed by atoms with Gasteiger partial charge in [-0.25, -0.2) is 9.37 Å². The molecule has 0 bridgehead atoms. The first kappa shape index (κ1) is 18.5. The van der Waals surface area contributed by atoms with Crippen molar-refractivity contribution in [1.29, 1.82) is 0 Å². The van der Waals surface area contributed by atoms with Gasteiger partial charge in [-0.1, -0.05) is 24.6 Å². The number of allylic oxidation sites excluding steroid dienone is 1. The molecule has 0 saturated carbocycles. The van der Waals surface area contributed by atoms with Gasteiger partial charge in [0, 0.05) is 53.2 Å². The van der Waals surface area contributed by atoms with E-state index in [1.165, 1.54) is 17.8 Å². The molecule has 0 aliphatic carbocycles. The van der Waals surface area contributed by atoms with Crippen molar-refractivity contribution >= 4 is 34.3 Å². The molecular weight excluding hydrogens is 409 g/mol. The van der Waals surface area contributed by atoms with Crippen LogP contribution < -0.4 is 0 Å². The summed E-state index contributed by atoms with van der Waals surface area (Å²) in [6.45, 7) is 3.12. The summed E-state index contributed by atoms with van der Waals surface area (Å²) < 4.78 is 15.5. The Balaban J connectivity index is 1.75. The Labute approximate surface area is 177 Å². The van der Waals surface area contributed by atoms with E-state index in [4.69, 9.17) is 16.6 Å². The van der Waals surface area contributed by atoms with Gasteiger partial charge in [-0.2, -0.15) is 5.10 Å². The fourth-order valence-electron chi connectivity index (χ4n) is 4.11. The molecule has 0 N–H and O–H groups in total. The number of nitrogens with zero attached hydrogens (tertiary/aromatic N) is 5. The molecule has 2 atom stereocenters. The van der Waals surface area contributed by atoms with Crippen LogP contribution in [0.5, 0.6) is 0 Å². The van der Waals surface area contributed by atoms with Gasteiger partial charge in [-0.3, -0.25) is 9.67 Å². The summed E-state index contributed by atoms with van der Waals surface area (Å²) in [7, 11) is 1.90. The summed E-state index contributed by atoms with van der Waals surface area (Å²) in [5.74, 6) is 0.975. The number of thiazole rings is 1. The summed E-state index contributed by atoms with van der Waals surface area (Å²) in [5.41, 5.74) is 3.87. The molecule has 3 aromatic rings. The Kier molecular flexibility index (Phi) is 4.52. The summed E-state index contributed by atoms with van der Waals surface area (Å²) >= 11 is 8.05. The number of hydrogen-bond donors (Lipinski definition) is 0. The van der Waals surface area contributed by atoms with E-state index in [1.54, 1.807) is 28.3 Å². The third-order valence-electron chi connectivity index (χ3n) is 5.32. The lowest BCUT2D eigenvalue weighted by Crippen LogP contribution is -2.33. The molecule has 4 heterocycles. The van der Waals surface area contributed by atoms with Gasteiger partial charge in [0.2, 0.25) is 0 Å². The standard InChI is InChI=1S/C21H19ClFN5S/c1-12-9-17-18(16-5-7-27(2)26-16)19(14-4-3-13(23)10-15(14)22)25-20(28(17)11-12)21-24-6-8-29-21/h3-8,10,12,19H,9,11H2,1-2H3/t12?,19-/m0/s1. The van der Waals surface area contributed by atoms with Gasteiger partial charge >= 0.3 is 0 Å². The lowest BCUT2D eigenvalue weighted by atomic mass is 9.92. The van der Waals surface area contributed by atoms with Crippen LogP contribution in [-0.4, -0.2) is 32.0 Å². The van der Waals surface area contributed by atoms with E-state index >= 15 is 0 Å².